The maximum Gasteiger partial charge on any atom is 0.173 e. The van der Waals surface area contributed by atoms with Crippen LogP contribution in [0.4, 0.5) is 4.39 Å². The monoisotopic (exact) mass is 333 g/mol. The van der Waals surface area contributed by atoms with Crippen LogP contribution in [-0.4, -0.2) is 51.9 Å². The number of ether oxygens (including phenoxy) is 1. The second-order valence-electron chi connectivity index (χ2n) is 6.43. The van der Waals surface area contributed by atoms with Gasteiger partial charge in [-0.1, -0.05) is 19.1 Å². The summed E-state index contributed by atoms with van der Waals surface area (Å²) in [6.07, 6.45) is 2.30. The number of likely N-dealkylation sites (tertiary alicyclic amines) is 1. The van der Waals surface area contributed by atoms with Crippen LogP contribution in [0.5, 0.6) is 0 Å². The van der Waals surface area contributed by atoms with E-state index in [1.165, 1.54) is 12.1 Å². The highest BCUT2D eigenvalue weighted by Gasteiger charge is 2.30. The predicted octanol–water partition coefficient (Wildman–Crippen LogP) is 2.28. The second kappa shape index (κ2) is 7.81. The van der Waals surface area contributed by atoms with Gasteiger partial charge in [0, 0.05) is 7.11 Å². The zero-order chi connectivity index (χ0) is 16.9. The van der Waals surface area contributed by atoms with Gasteiger partial charge in [0.15, 0.2) is 5.82 Å². The van der Waals surface area contributed by atoms with Gasteiger partial charge in [-0.25, -0.2) is 9.07 Å². The Bertz CT molecular complexity index is 637. The summed E-state index contributed by atoms with van der Waals surface area (Å²) < 4.78 is 20.3. The zero-order valence-corrected chi connectivity index (χ0v) is 14.2. The highest BCUT2D eigenvalue weighted by molar-refractivity contribution is 5.25. The first-order chi connectivity index (χ1) is 11.7. The summed E-state index contributed by atoms with van der Waals surface area (Å²) in [4.78, 5) is 2.39. The van der Waals surface area contributed by atoms with Crippen LogP contribution >= 0.6 is 0 Å². The fourth-order valence-electron chi connectivity index (χ4n) is 3.20. The van der Waals surface area contributed by atoms with Crippen LogP contribution in [-0.2, 0) is 11.3 Å². The largest absolute Gasteiger partial charge is 0.383 e. The Kier molecular flexibility index (Phi) is 5.52. The molecule has 1 aromatic heterocycles. The summed E-state index contributed by atoms with van der Waals surface area (Å²) in [5.74, 6) is 1.29. The molecule has 1 aliphatic rings. The van der Waals surface area contributed by atoms with Crippen molar-refractivity contribution in [1.82, 2.24) is 25.1 Å². The molecule has 0 radical (unpaired) electrons. The van der Waals surface area contributed by atoms with Crippen LogP contribution in [0.15, 0.2) is 24.3 Å². The highest BCUT2D eigenvalue weighted by atomic mass is 19.1. The number of aromatic nitrogens is 4. The van der Waals surface area contributed by atoms with Crippen LogP contribution in [0.1, 0.15) is 37.2 Å². The minimum atomic E-state index is -0.233. The summed E-state index contributed by atoms with van der Waals surface area (Å²) in [5.41, 5.74) is 1.01. The lowest BCUT2D eigenvalue weighted by molar-refractivity contribution is 0.144. The van der Waals surface area contributed by atoms with Crippen molar-refractivity contribution >= 4 is 0 Å². The van der Waals surface area contributed by atoms with Crippen molar-refractivity contribution in [3.63, 3.8) is 0 Å². The normalized spacial score (nSPS) is 18.0. The summed E-state index contributed by atoms with van der Waals surface area (Å²) in [7, 11) is 1.66. The molecule has 0 saturated carbocycles. The molecule has 1 fully saturated rings. The molecule has 0 bridgehead atoms. The van der Waals surface area contributed by atoms with Gasteiger partial charge in [0.2, 0.25) is 0 Å². The third kappa shape index (κ3) is 3.79. The number of tetrazole rings is 1. The van der Waals surface area contributed by atoms with Gasteiger partial charge in [0.25, 0.3) is 0 Å². The van der Waals surface area contributed by atoms with E-state index in [4.69, 9.17) is 4.74 Å². The lowest BCUT2D eigenvalue weighted by atomic mass is 9.95. The van der Waals surface area contributed by atoms with Crippen molar-refractivity contribution in [3.05, 3.63) is 41.5 Å². The number of rotatable bonds is 6. The fourth-order valence-corrected chi connectivity index (χ4v) is 3.20. The Morgan fingerprint density at radius 3 is 2.62 bits per heavy atom. The van der Waals surface area contributed by atoms with E-state index in [-0.39, 0.29) is 11.9 Å². The molecule has 2 heterocycles. The lowest BCUT2D eigenvalue weighted by Gasteiger charge is -2.36. The Balaban J connectivity index is 1.92. The Labute approximate surface area is 141 Å². The Morgan fingerprint density at radius 1 is 1.25 bits per heavy atom. The average Bonchev–Trinajstić information content (AvgIpc) is 3.05. The lowest BCUT2D eigenvalue weighted by Crippen LogP contribution is -2.38. The van der Waals surface area contributed by atoms with Crippen molar-refractivity contribution in [2.24, 2.45) is 5.92 Å². The van der Waals surface area contributed by atoms with Gasteiger partial charge >= 0.3 is 0 Å². The second-order valence-corrected chi connectivity index (χ2v) is 6.43. The molecular weight excluding hydrogens is 309 g/mol. The van der Waals surface area contributed by atoms with E-state index in [1.807, 2.05) is 12.1 Å². The summed E-state index contributed by atoms with van der Waals surface area (Å²) in [6.45, 7) is 5.40. The van der Waals surface area contributed by atoms with E-state index >= 15 is 0 Å². The van der Waals surface area contributed by atoms with Crippen molar-refractivity contribution in [2.75, 3.05) is 26.8 Å². The van der Waals surface area contributed by atoms with E-state index in [0.717, 1.165) is 43.2 Å². The van der Waals surface area contributed by atoms with Crippen molar-refractivity contribution in [3.8, 4) is 0 Å². The number of halogens is 1. The minimum absolute atomic E-state index is 0.0649. The molecule has 1 aliphatic heterocycles. The molecule has 1 atom stereocenters. The third-order valence-electron chi connectivity index (χ3n) is 4.68. The molecule has 0 unspecified atom stereocenters. The van der Waals surface area contributed by atoms with Crippen LogP contribution in [0.25, 0.3) is 0 Å². The fraction of sp³-hybridized carbons (Fsp3) is 0.588. The SMILES string of the molecule is COCCn1nnnc1[C@H](c1ccc(F)cc1)N1CCC(C)CC1. The molecule has 1 saturated heterocycles. The number of benzene rings is 1. The standard InChI is InChI=1S/C17H24FN5O/c1-13-7-9-22(10-8-13)16(14-3-5-15(18)6-4-14)17-19-20-21-23(17)11-12-24-2/h3-6,13,16H,7-12H2,1-2H3/t16-/m0/s1. The van der Waals surface area contributed by atoms with E-state index in [2.05, 4.69) is 27.3 Å². The van der Waals surface area contributed by atoms with E-state index in [1.54, 1.807) is 11.8 Å². The van der Waals surface area contributed by atoms with Crippen LogP contribution < -0.4 is 0 Å². The molecule has 6 nitrogen and oxygen atoms in total. The number of hydrogen-bond acceptors (Lipinski definition) is 5. The third-order valence-corrected chi connectivity index (χ3v) is 4.68. The molecular formula is C17H24FN5O. The van der Waals surface area contributed by atoms with Gasteiger partial charge < -0.3 is 4.74 Å². The quantitative estimate of drug-likeness (QED) is 0.812. The van der Waals surface area contributed by atoms with Gasteiger partial charge in [-0.15, -0.1) is 5.10 Å². The van der Waals surface area contributed by atoms with Gasteiger partial charge in [-0.3, -0.25) is 4.90 Å². The Morgan fingerprint density at radius 2 is 1.96 bits per heavy atom. The Hall–Kier alpha value is -1.86. The van der Waals surface area contributed by atoms with Gasteiger partial charge in [-0.05, 0) is 60.0 Å². The summed E-state index contributed by atoms with van der Waals surface area (Å²) in [6, 6.07) is 6.59. The maximum atomic E-state index is 13.4. The van der Waals surface area contributed by atoms with Crippen LogP contribution in [0, 0.1) is 11.7 Å². The molecule has 0 amide bonds. The van der Waals surface area contributed by atoms with Crippen molar-refractivity contribution in [2.45, 2.75) is 32.4 Å². The first-order valence-corrected chi connectivity index (χ1v) is 8.43. The van der Waals surface area contributed by atoms with Gasteiger partial charge in [-0.2, -0.15) is 0 Å². The number of nitrogens with zero attached hydrogens (tertiary/aromatic N) is 5. The smallest absolute Gasteiger partial charge is 0.173 e. The topological polar surface area (TPSA) is 56.1 Å². The van der Waals surface area contributed by atoms with Crippen molar-refractivity contribution < 1.29 is 9.13 Å². The predicted molar refractivity (Wildman–Crippen MR) is 87.9 cm³/mol. The van der Waals surface area contributed by atoms with Crippen molar-refractivity contribution in [1.29, 1.82) is 0 Å². The number of methoxy groups -OCH3 is 1. The molecule has 1 aromatic carbocycles. The minimum Gasteiger partial charge on any atom is -0.383 e. The zero-order valence-electron chi connectivity index (χ0n) is 14.2. The molecule has 0 N–H and O–H groups in total. The van der Waals surface area contributed by atoms with Crippen LogP contribution in [0.3, 0.4) is 0 Å². The van der Waals surface area contributed by atoms with E-state index in [9.17, 15) is 4.39 Å². The van der Waals surface area contributed by atoms with Gasteiger partial charge in [0.1, 0.15) is 5.82 Å². The van der Waals surface area contributed by atoms with E-state index < -0.39 is 0 Å². The molecule has 0 spiro atoms. The average molecular weight is 333 g/mol. The molecule has 24 heavy (non-hydrogen) atoms. The van der Waals surface area contributed by atoms with Gasteiger partial charge in [0.05, 0.1) is 19.2 Å². The molecule has 3 rings (SSSR count). The number of piperidine rings is 1. The molecule has 2 aromatic rings. The molecule has 7 heteroatoms. The summed E-state index contributed by atoms with van der Waals surface area (Å²) in [5, 5.41) is 12.2. The first-order valence-electron chi connectivity index (χ1n) is 8.43. The summed E-state index contributed by atoms with van der Waals surface area (Å²) >= 11 is 0. The van der Waals surface area contributed by atoms with E-state index in [0.29, 0.717) is 13.2 Å². The van der Waals surface area contributed by atoms with Crippen LogP contribution in [0.2, 0.25) is 0 Å². The maximum absolute atomic E-state index is 13.4. The molecule has 0 aliphatic carbocycles. The highest BCUT2D eigenvalue weighted by Crippen LogP contribution is 2.31. The number of hydrogen-bond donors (Lipinski definition) is 0. The first kappa shape index (κ1) is 17.0. The molecule has 130 valence electrons.